The van der Waals surface area contributed by atoms with Crippen LogP contribution in [0.25, 0.3) is 38.7 Å². The van der Waals surface area contributed by atoms with Crippen LogP contribution in [0, 0.1) is 0 Å². The summed E-state index contributed by atoms with van der Waals surface area (Å²) in [5, 5.41) is 11.6. The molecule has 0 radical (unpaired) electrons. The molecule has 1 fully saturated rings. The van der Waals surface area contributed by atoms with Crippen LogP contribution in [0.15, 0.2) is 48.5 Å². The molecule has 0 amide bonds. The van der Waals surface area contributed by atoms with E-state index in [2.05, 4.69) is 64.8 Å². The van der Waals surface area contributed by atoms with Crippen LogP contribution in [-0.4, -0.2) is 49.8 Å². The minimum Gasteiger partial charge on any atom is -0.378 e. The smallest absolute Gasteiger partial charge is 0.189 e. The summed E-state index contributed by atoms with van der Waals surface area (Å²) in [6, 6.07) is 16.7. The second kappa shape index (κ2) is 6.22. The Hall–Kier alpha value is -3.10. The first-order chi connectivity index (χ1) is 13.9. The number of ether oxygens (including phenoxy) is 1. The molecule has 6 rings (SSSR count). The second-order valence-corrected chi connectivity index (χ2v) is 7.31. The van der Waals surface area contributed by atoms with Gasteiger partial charge in [0.1, 0.15) is 0 Å². The van der Waals surface area contributed by atoms with Crippen molar-refractivity contribution in [3.8, 4) is 5.82 Å². The molecule has 1 aliphatic heterocycles. The lowest BCUT2D eigenvalue weighted by Gasteiger charge is -2.27. The van der Waals surface area contributed by atoms with E-state index in [-0.39, 0.29) is 0 Å². The van der Waals surface area contributed by atoms with Crippen molar-refractivity contribution < 1.29 is 4.74 Å². The zero-order valence-corrected chi connectivity index (χ0v) is 15.8. The molecule has 1 saturated heterocycles. The van der Waals surface area contributed by atoms with Gasteiger partial charge in [-0.25, -0.2) is 0 Å². The van der Waals surface area contributed by atoms with Crippen LogP contribution in [-0.2, 0) is 4.74 Å². The number of aromatic nitrogens is 5. The van der Waals surface area contributed by atoms with E-state index < -0.39 is 0 Å². The molecule has 7 nitrogen and oxygen atoms in total. The average molecular weight is 388 g/mol. The Labute approximate surface area is 164 Å². The second-order valence-electron chi connectivity index (χ2n) is 6.78. The van der Waals surface area contributed by atoms with Crippen LogP contribution in [0.5, 0.6) is 0 Å². The zero-order chi connectivity index (χ0) is 18.5. The number of anilines is 1. The molecule has 138 valence electrons. The van der Waals surface area contributed by atoms with E-state index in [1.807, 2.05) is 12.1 Å². The van der Waals surface area contributed by atoms with Crippen molar-refractivity contribution in [1.29, 1.82) is 0 Å². The van der Waals surface area contributed by atoms with Gasteiger partial charge in [-0.05, 0) is 12.1 Å². The highest BCUT2D eigenvalue weighted by molar-refractivity contribution is 7.00. The largest absolute Gasteiger partial charge is 0.378 e. The number of fused-ring (bicyclic) bond motifs is 4. The molecular weight excluding hydrogens is 372 g/mol. The third kappa shape index (κ3) is 2.25. The van der Waals surface area contributed by atoms with Gasteiger partial charge >= 0.3 is 0 Å². The Kier molecular flexibility index (Phi) is 3.53. The number of hydrogen-bond donors (Lipinski definition) is 0. The monoisotopic (exact) mass is 388 g/mol. The summed E-state index contributed by atoms with van der Waals surface area (Å²) in [6.45, 7) is 2.96. The fourth-order valence-electron chi connectivity index (χ4n) is 3.96. The molecule has 4 heterocycles. The van der Waals surface area contributed by atoms with Crippen LogP contribution in [0.2, 0.25) is 0 Å². The summed E-state index contributed by atoms with van der Waals surface area (Å²) in [4.78, 5) is 2.18. The first kappa shape index (κ1) is 15.9. The first-order valence-corrected chi connectivity index (χ1v) is 9.95. The Morgan fingerprint density at radius 3 is 2.00 bits per heavy atom. The number of hydrogen-bond acceptors (Lipinski definition) is 7. The van der Waals surface area contributed by atoms with Crippen LogP contribution < -0.4 is 4.90 Å². The quantitative estimate of drug-likeness (QED) is 0.462. The molecule has 0 spiro atoms. The van der Waals surface area contributed by atoms with Gasteiger partial charge in [0.05, 0.1) is 36.0 Å². The van der Waals surface area contributed by atoms with Crippen molar-refractivity contribution in [3.05, 3.63) is 48.5 Å². The van der Waals surface area contributed by atoms with Crippen molar-refractivity contribution in [1.82, 2.24) is 23.5 Å². The lowest BCUT2D eigenvalue weighted by atomic mass is 10.2. The van der Waals surface area contributed by atoms with Crippen LogP contribution in [0.4, 0.5) is 5.82 Å². The predicted octanol–water partition coefficient (Wildman–Crippen LogP) is 3.42. The maximum atomic E-state index is 5.47. The fraction of sp³-hybridized carbons (Fsp3) is 0.200. The van der Waals surface area contributed by atoms with Gasteiger partial charge in [0.25, 0.3) is 0 Å². The van der Waals surface area contributed by atoms with Crippen LogP contribution in [0.3, 0.4) is 0 Å². The maximum absolute atomic E-state index is 5.47. The minimum absolute atomic E-state index is 0.690. The lowest BCUT2D eigenvalue weighted by Crippen LogP contribution is -2.37. The summed E-state index contributed by atoms with van der Waals surface area (Å²) in [7, 11) is 0. The van der Waals surface area contributed by atoms with Crippen molar-refractivity contribution in [2.75, 3.05) is 31.2 Å². The fourth-order valence-corrected chi connectivity index (χ4v) is 4.50. The maximum Gasteiger partial charge on any atom is 0.189 e. The Balaban J connectivity index is 1.65. The molecule has 0 aliphatic carbocycles. The van der Waals surface area contributed by atoms with E-state index in [0.29, 0.717) is 13.2 Å². The van der Waals surface area contributed by atoms with Gasteiger partial charge < -0.3 is 9.64 Å². The summed E-state index contributed by atoms with van der Waals surface area (Å²) in [5.74, 6) is 1.51. The Morgan fingerprint density at radius 2 is 1.32 bits per heavy atom. The molecule has 2 aromatic carbocycles. The van der Waals surface area contributed by atoms with Crippen LogP contribution in [0.1, 0.15) is 0 Å². The molecule has 3 aromatic heterocycles. The third-order valence-electron chi connectivity index (χ3n) is 5.25. The minimum atomic E-state index is 0.690. The van der Waals surface area contributed by atoms with Crippen molar-refractivity contribution >= 4 is 50.4 Å². The third-order valence-corrected chi connectivity index (χ3v) is 5.78. The molecule has 0 bridgehead atoms. The van der Waals surface area contributed by atoms with Crippen molar-refractivity contribution in [3.63, 3.8) is 0 Å². The topological polar surface area (TPSA) is 69.0 Å². The molecule has 0 atom stereocenters. The van der Waals surface area contributed by atoms with E-state index in [4.69, 9.17) is 4.74 Å². The number of benzene rings is 2. The Morgan fingerprint density at radius 1 is 0.750 bits per heavy atom. The van der Waals surface area contributed by atoms with Gasteiger partial charge in [-0.2, -0.15) is 8.75 Å². The van der Waals surface area contributed by atoms with Gasteiger partial charge in [-0.15, -0.1) is 10.2 Å². The van der Waals surface area contributed by atoms with E-state index in [1.165, 1.54) is 22.5 Å². The van der Waals surface area contributed by atoms with E-state index >= 15 is 0 Å². The molecule has 5 aromatic rings. The number of nitrogens with zero attached hydrogens (tertiary/aromatic N) is 6. The molecule has 8 heteroatoms. The van der Waals surface area contributed by atoms with Gasteiger partial charge in [0.15, 0.2) is 22.7 Å². The van der Waals surface area contributed by atoms with E-state index in [0.717, 1.165) is 46.8 Å². The highest BCUT2D eigenvalue weighted by Crippen LogP contribution is 2.34. The number of morpholine rings is 1. The summed E-state index contributed by atoms with van der Waals surface area (Å²) < 4.78 is 16.8. The Bertz CT molecular complexity index is 1270. The molecule has 1 aliphatic rings. The first-order valence-electron chi connectivity index (χ1n) is 9.22. The van der Waals surface area contributed by atoms with E-state index in [9.17, 15) is 0 Å². The zero-order valence-electron chi connectivity index (χ0n) is 14.9. The van der Waals surface area contributed by atoms with Gasteiger partial charge in [0, 0.05) is 23.9 Å². The molecule has 0 unspecified atom stereocenters. The molecule has 0 saturated carbocycles. The lowest BCUT2D eigenvalue weighted by molar-refractivity contribution is 0.122. The van der Waals surface area contributed by atoms with Crippen molar-refractivity contribution in [2.24, 2.45) is 0 Å². The highest BCUT2D eigenvalue weighted by atomic mass is 32.1. The normalized spacial score (nSPS) is 15.1. The average Bonchev–Trinajstić information content (AvgIpc) is 3.37. The van der Waals surface area contributed by atoms with Crippen LogP contribution >= 0.6 is 11.7 Å². The standard InChI is InChI=1S/C20H16N6OS/c1-3-7-15-13(5-1)14-6-2-4-8-16(14)26(15)20-18-17(23-28-24-18)19(21-22-20)25-9-11-27-12-10-25/h1-8H,9-12H2. The molecule has 28 heavy (non-hydrogen) atoms. The number of rotatable bonds is 2. The van der Waals surface area contributed by atoms with E-state index in [1.54, 1.807) is 0 Å². The van der Waals surface area contributed by atoms with Gasteiger partial charge in [0.2, 0.25) is 0 Å². The van der Waals surface area contributed by atoms with Crippen molar-refractivity contribution in [2.45, 2.75) is 0 Å². The summed E-state index contributed by atoms with van der Waals surface area (Å²) in [6.07, 6.45) is 0. The van der Waals surface area contributed by atoms with Gasteiger partial charge in [-0.3, -0.25) is 4.57 Å². The summed E-state index contributed by atoms with van der Waals surface area (Å²) in [5.41, 5.74) is 3.77. The summed E-state index contributed by atoms with van der Waals surface area (Å²) >= 11 is 1.20. The van der Waals surface area contributed by atoms with Gasteiger partial charge in [-0.1, -0.05) is 36.4 Å². The molecule has 0 N–H and O–H groups in total. The number of para-hydroxylation sites is 2. The predicted molar refractivity (Wildman–Crippen MR) is 110 cm³/mol. The highest BCUT2D eigenvalue weighted by Gasteiger charge is 2.23. The molecular formula is C20H16N6OS. The SMILES string of the molecule is c1ccc2c(c1)c1ccccc1n2-c1nnc(N2CCOCC2)c2nsnc12.